The van der Waals surface area contributed by atoms with Crippen LogP contribution in [0, 0.1) is 17.2 Å². The maximum absolute atomic E-state index is 9.95. The number of nitrogen functional groups attached to an aromatic ring is 1. The average molecular weight is 276 g/mol. The minimum absolute atomic E-state index is 0.222. The summed E-state index contributed by atoms with van der Waals surface area (Å²) in [5, 5.41) is 28.3. The van der Waals surface area contributed by atoms with Crippen LogP contribution in [0.5, 0.6) is 0 Å². The van der Waals surface area contributed by atoms with Gasteiger partial charge in [-0.25, -0.2) is 15.0 Å². The van der Waals surface area contributed by atoms with Gasteiger partial charge in [0.25, 0.3) is 0 Å². The fourth-order valence-electron chi connectivity index (χ4n) is 2.33. The summed E-state index contributed by atoms with van der Waals surface area (Å²) in [5.74, 6) is -0.611. The van der Waals surface area contributed by atoms with Gasteiger partial charge in [0.05, 0.1) is 19.0 Å². The molecular weight excluding hydrogens is 264 g/mol. The van der Waals surface area contributed by atoms with Gasteiger partial charge in [0, 0.05) is 0 Å². The van der Waals surface area contributed by atoms with Crippen molar-refractivity contribution in [2.75, 3.05) is 12.3 Å². The number of fused-ring (bicyclic) bond motifs is 1. The average Bonchev–Trinajstić information content (AvgIpc) is 3.00. The van der Waals surface area contributed by atoms with E-state index in [1.54, 1.807) is 0 Å². The molecule has 1 unspecified atom stereocenters. The fourth-order valence-corrected chi connectivity index (χ4v) is 2.33. The first-order valence-electron chi connectivity index (χ1n) is 5.94. The molecule has 1 aliphatic rings. The molecule has 0 saturated carbocycles. The number of rotatable bonds is 2. The van der Waals surface area contributed by atoms with Crippen molar-refractivity contribution in [3.05, 3.63) is 12.7 Å². The van der Waals surface area contributed by atoms with Gasteiger partial charge in [0.1, 0.15) is 30.0 Å². The number of hydrogen-bond acceptors (Lipinski definition) is 8. The third-order valence-electron chi connectivity index (χ3n) is 3.36. The van der Waals surface area contributed by atoms with E-state index in [0.29, 0.717) is 11.2 Å². The quantitative estimate of drug-likeness (QED) is 0.620. The summed E-state index contributed by atoms with van der Waals surface area (Å²) in [7, 11) is 0. The third kappa shape index (κ3) is 1.70. The van der Waals surface area contributed by atoms with Crippen LogP contribution >= 0.6 is 0 Å². The molecule has 0 radical (unpaired) electrons. The lowest BCUT2D eigenvalue weighted by atomic mass is 10.0. The Bertz CT molecular complexity index is 680. The molecule has 2 aromatic rings. The number of nitrogens with two attached hydrogens (primary N) is 1. The minimum Gasteiger partial charge on any atom is -0.394 e. The molecule has 3 heterocycles. The predicted molar refractivity (Wildman–Crippen MR) is 65.8 cm³/mol. The highest BCUT2D eigenvalue weighted by atomic mass is 16.5. The van der Waals surface area contributed by atoms with Crippen molar-refractivity contribution in [1.29, 1.82) is 5.26 Å². The molecule has 9 heteroatoms. The Morgan fingerprint density at radius 2 is 2.25 bits per heavy atom. The van der Waals surface area contributed by atoms with Crippen LogP contribution in [0.15, 0.2) is 12.7 Å². The van der Waals surface area contributed by atoms with E-state index in [9.17, 15) is 10.4 Å². The minimum atomic E-state index is -1.08. The molecule has 0 bridgehead atoms. The monoisotopic (exact) mass is 276 g/mol. The molecule has 104 valence electrons. The first kappa shape index (κ1) is 12.7. The Morgan fingerprint density at radius 1 is 1.45 bits per heavy atom. The van der Waals surface area contributed by atoms with E-state index in [0.717, 1.165) is 0 Å². The molecule has 1 fully saturated rings. The van der Waals surface area contributed by atoms with E-state index in [1.807, 2.05) is 6.07 Å². The zero-order valence-corrected chi connectivity index (χ0v) is 10.3. The highest BCUT2D eigenvalue weighted by molar-refractivity contribution is 5.81. The van der Waals surface area contributed by atoms with E-state index >= 15 is 0 Å². The molecule has 1 aliphatic heterocycles. The molecule has 4 atom stereocenters. The largest absolute Gasteiger partial charge is 0.394 e. The number of imidazole rings is 1. The number of aromatic nitrogens is 4. The lowest BCUT2D eigenvalue weighted by Crippen LogP contribution is -2.28. The van der Waals surface area contributed by atoms with Gasteiger partial charge in [0.2, 0.25) is 0 Å². The van der Waals surface area contributed by atoms with Crippen molar-refractivity contribution in [2.24, 2.45) is 5.92 Å². The van der Waals surface area contributed by atoms with Crippen LogP contribution in [-0.4, -0.2) is 48.5 Å². The van der Waals surface area contributed by atoms with Crippen molar-refractivity contribution in [1.82, 2.24) is 19.5 Å². The van der Waals surface area contributed by atoms with Crippen LogP contribution in [-0.2, 0) is 4.74 Å². The number of aliphatic hydroxyl groups is 2. The molecule has 0 aromatic carbocycles. The summed E-state index contributed by atoms with van der Waals surface area (Å²) in [6.45, 7) is -0.375. The van der Waals surface area contributed by atoms with E-state index in [1.165, 1.54) is 17.2 Å². The fraction of sp³-hybridized carbons (Fsp3) is 0.455. The Morgan fingerprint density at radius 3 is 2.95 bits per heavy atom. The van der Waals surface area contributed by atoms with Gasteiger partial charge < -0.3 is 20.7 Å². The maximum atomic E-state index is 9.95. The molecule has 20 heavy (non-hydrogen) atoms. The molecule has 2 aromatic heterocycles. The highest BCUT2D eigenvalue weighted by Gasteiger charge is 2.45. The first-order chi connectivity index (χ1) is 9.67. The van der Waals surface area contributed by atoms with E-state index in [4.69, 9.17) is 15.6 Å². The lowest BCUT2D eigenvalue weighted by Gasteiger charge is -2.15. The van der Waals surface area contributed by atoms with Crippen LogP contribution in [0.1, 0.15) is 6.23 Å². The second-order valence-electron chi connectivity index (χ2n) is 4.48. The predicted octanol–water partition coefficient (Wildman–Crippen LogP) is -1.20. The summed E-state index contributed by atoms with van der Waals surface area (Å²) >= 11 is 0. The summed E-state index contributed by atoms with van der Waals surface area (Å²) in [6, 6.07) is 1.99. The number of nitrogens with zero attached hydrogens (tertiary/aromatic N) is 5. The Hall–Kier alpha value is -2.28. The van der Waals surface area contributed by atoms with Gasteiger partial charge in [-0.05, 0) is 0 Å². The topological polar surface area (TPSA) is 143 Å². The first-order valence-corrected chi connectivity index (χ1v) is 5.94. The van der Waals surface area contributed by atoms with E-state index < -0.39 is 24.4 Å². The summed E-state index contributed by atoms with van der Waals surface area (Å²) in [4.78, 5) is 12.0. The number of ether oxygens (including phenoxy) is 1. The highest BCUT2D eigenvalue weighted by Crippen LogP contribution is 2.35. The maximum Gasteiger partial charge on any atom is 0.167 e. The molecular formula is C11H12N6O3. The molecule has 0 spiro atoms. The molecule has 3 rings (SSSR count). The van der Waals surface area contributed by atoms with Crippen molar-refractivity contribution in [2.45, 2.75) is 18.4 Å². The van der Waals surface area contributed by atoms with Gasteiger partial charge >= 0.3 is 0 Å². The molecule has 1 saturated heterocycles. The van der Waals surface area contributed by atoms with E-state index in [-0.39, 0.29) is 12.4 Å². The molecule has 0 aliphatic carbocycles. The van der Waals surface area contributed by atoms with Crippen molar-refractivity contribution < 1.29 is 14.9 Å². The number of hydrogen-bond donors (Lipinski definition) is 3. The lowest BCUT2D eigenvalue weighted by molar-refractivity contribution is -0.0441. The summed E-state index contributed by atoms with van der Waals surface area (Å²) in [5.41, 5.74) is 6.50. The number of nitriles is 1. The standard InChI is InChI=1S/C11H12N6O3/c12-1-5-8(19)6(2-18)20-11(5)17-4-16-7-9(13)14-3-15-10(7)17/h3-6,8,11,18-19H,2H2,(H2,13,14,15)/t5?,6-,8+,11-/m1/s1. The van der Waals surface area contributed by atoms with Crippen LogP contribution in [0.25, 0.3) is 11.2 Å². The van der Waals surface area contributed by atoms with E-state index in [2.05, 4.69) is 15.0 Å². The summed E-state index contributed by atoms with van der Waals surface area (Å²) in [6.07, 6.45) is 0.0305. The van der Waals surface area contributed by atoms with Crippen LogP contribution < -0.4 is 5.73 Å². The summed E-state index contributed by atoms with van der Waals surface area (Å²) < 4.78 is 7.03. The normalized spacial score (nSPS) is 29.6. The number of aliphatic hydroxyl groups excluding tert-OH is 2. The zero-order chi connectivity index (χ0) is 14.3. The smallest absolute Gasteiger partial charge is 0.167 e. The van der Waals surface area contributed by atoms with Gasteiger partial charge in [-0.1, -0.05) is 0 Å². The van der Waals surface area contributed by atoms with Crippen LogP contribution in [0.2, 0.25) is 0 Å². The van der Waals surface area contributed by atoms with Gasteiger partial charge in [-0.2, -0.15) is 5.26 Å². The van der Waals surface area contributed by atoms with Crippen LogP contribution in [0.3, 0.4) is 0 Å². The second-order valence-corrected chi connectivity index (χ2v) is 4.48. The third-order valence-corrected chi connectivity index (χ3v) is 3.36. The molecule has 0 amide bonds. The van der Waals surface area contributed by atoms with Gasteiger partial charge in [-0.3, -0.25) is 4.57 Å². The second kappa shape index (κ2) is 4.68. The van der Waals surface area contributed by atoms with Gasteiger partial charge in [0.15, 0.2) is 17.7 Å². The Kier molecular flexibility index (Phi) is 2.98. The number of anilines is 1. The SMILES string of the molecule is N#CC1[C@H](n2cnc3c(N)ncnc32)O[C@H](CO)[C@H]1O. The molecule has 4 N–H and O–H groups in total. The van der Waals surface area contributed by atoms with Crippen molar-refractivity contribution in [3.8, 4) is 6.07 Å². The van der Waals surface area contributed by atoms with Gasteiger partial charge in [-0.15, -0.1) is 0 Å². The van der Waals surface area contributed by atoms with Crippen molar-refractivity contribution in [3.63, 3.8) is 0 Å². The van der Waals surface area contributed by atoms with Crippen molar-refractivity contribution >= 4 is 17.0 Å². The zero-order valence-electron chi connectivity index (χ0n) is 10.3. The Labute approximate surface area is 113 Å². The van der Waals surface area contributed by atoms with Crippen LogP contribution in [0.4, 0.5) is 5.82 Å². The molecule has 9 nitrogen and oxygen atoms in total. The Balaban J connectivity index is 2.07.